The average molecular weight is 305 g/mol. The second-order valence-electron chi connectivity index (χ2n) is 5.42. The first-order valence-electron chi connectivity index (χ1n) is 6.84. The Kier molecular flexibility index (Phi) is 2.80. The van der Waals surface area contributed by atoms with Crippen molar-refractivity contribution in [2.24, 2.45) is 11.8 Å². The fourth-order valence-electron chi connectivity index (χ4n) is 3.29. The third kappa shape index (κ3) is 1.81. The summed E-state index contributed by atoms with van der Waals surface area (Å²) < 4.78 is 5.59. The number of fused-ring (bicyclic) bond motifs is 5. The number of likely N-dealkylation sites (tertiary alicyclic amines) is 1. The monoisotopic (exact) mass is 304 g/mol. The van der Waals surface area contributed by atoms with Crippen LogP contribution in [0.4, 0.5) is 5.69 Å². The minimum atomic E-state index is -0.361. The highest BCUT2D eigenvalue weighted by molar-refractivity contribution is 6.33. The molecular weight excluding hydrogens is 292 g/mol. The summed E-state index contributed by atoms with van der Waals surface area (Å²) in [4.78, 5) is 26.1. The zero-order chi connectivity index (χ0) is 14.6. The fourth-order valence-corrected chi connectivity index (χ4v) is 3.49. The number of nitrogens with zero attached hydrogens (tertiary/aromatic N) is 1. The predicted octanol–water partition coefficient (Wildman–Crippen LogP) is 1.65. The minimum Gasteiger partial charge on any atom is -0.366 e. The number of amides is 2. The molecule has 2 bridgehead atoms. The Morgan fingerprint density at radius 2 is 1.71 bits per heavy atom. The highest BCUT2D eigenvalue weighted by atomic mass is 35.5. The second-order valence-corrected chi connectivity index (χ2v) is 5.83. The van der Waals surface area contributed by atoms with Gasteiger partial charge >= 0.3 is 0 Å². The molecule has 4 rings (SSSR count). The number of hydrogen-bond acceptors (Lipinski definition) is 4. The summed E-state index contributed by atoms with van der Waals surface area (Å²) >= 11 is 6.05. The molecule has 4 atom stereocenters. The molecule has 3 aliphatic heterocycles. The zero-order valence-electron chi connectivity index (χ0n) is 11.0. The van der Waals surface area contributed by atoms with Crippen molar-refractivity contribution in [3.8, 4) is 0 Å². The number of halogens is 1. The number of hydrogen-bond donors (Lipinski definition) is 1. The van der Waals surface area contributed by atoms with Gasteiger partial charge in [0.25, 0.3) is 0 Å². The van der Waals surface area contributed by atoms with E-state index >= 15 is 0 Å². The predicted molar refractivity (Wildman–Crippen MR) is 76.6 cm³/mol. The highest BCUT2D eigenvalue weighted by Crippen LogP contribution is 2.44. The van der Waals surface area contributed by atoms with Crippen LogP contribution in [-0.2, 0) is 14.3 Å². The largest absolute Gasteiger partial charge is 0.366 e. The highest BCUT2D eigenvalue weighted by Gasteiger charge is 2.60. The van der Waals surface area contributed by atoms with Crippen molar-refractivity contribution in [3.63, 3.8) is 0 Å². The molecule has 2 unspecified atom stereocenters. The zero-order valence-corrected chi connectivity index (χ0v) is 11.8. The fraction of sp³-hybridized carbons (Fsp3) is 0.333. The summed E-state index contributed by atoms with van der Waals surface area (Å²) in [5.74, 6) is -1.05. The number of nitrogens with one attached hydrogen (secondary N) is 1. The van der Waals surface area contributed by atoms with Crippen molar-refractivity contribution < 1.29 is 14.3 Å². The topological polar surface area (TPSA) is 58.6 Å². The number of imide groups is 1. The van der Waals surface area contributed by atoms with Crippen molar-refractivity contribution in [2.75, 3.05) is 12.0 Å². The average Bonchev–Trinajstić information content (AvgIpc) is 3.14. The lowest BCUT2D eigenvalue weighted by atomic mass is 9.85. The van der Waals surface area contributed by atoms with E-state index < -0.39 is 0 Å². The Bertz CT molecular complexity index is 630. The summed E-state index contributed by atoms with van der Waals surface area (Å²) in [5.41, 5.74) is 0.703. The Labute approximate surface area is 126 Å². The van der Waals surface area contributed by atoms with Gasteiger partial charge in [0.2, 0.25) is 11.8 Å². The van der Waals surface area contributed by atoms with E-state index in [-0.39, 0.29) is 42.5 Å². The Morgan fingerprint density at radius 1 is 1.10 bits per heavy atom. The molecule has 0 aliphatic carbocycles. The molecule has 1 aromatic carbocycles. The lowest BCUT2D eigenvalue weighted by Gasteiger charge is -2.19. The standard InChI is InChI=1S/C15H13ClN2O3/c16-8-3-1-2-4-9(8)17-7-18-14(19)12-10-5-6-11(21-10)13(12)15(18)20/h1-6,10-13,17H,7H2/t10?,11?,12-,13-/m1/s1. The molecule has 2 saturated heterocycles. The Morgan fingerprint density at radius 3 is 2.33 bits per heavy atom. The number of rotatable bonds is 3. The molecule has 2 amide bonds. The number of carbonyl (C=O) groups is 2. The van der Waals surface area contributed by atoms with Crippen LogP contribution in [0.25, 0.3) is 0 Å². The number of para-hydroxylation sites is 1. The van der Waals surface area contributed by atoms with E-state index in [9.17, 15) is 9.59 Å². The molecule has 3 heterocycles. The van der Waals surface area contributed by atoms with Gasteiger partial charge in [-0.1, -0.05) is 35.9 Å². The molecule has 0 radical (unpaired) electrons. The van der Waals surface area contributed by atoms with Crippen LogP contribution in [0, 0.1) is 11.8 Å². The molecule has 0 spiro atoms. The van der Waals surface area contributed by atoms with Gasteiger partial charge in [0, 0.05) is 0 Å². The minimum absolute atomic E-state index is 0.133. The van der Waals surface area contributed by atoms with E-state index in [0.717, 1.165) is 0 Å². The van der Waals surface area contributed by atoms with Crippen LogP contribution in [-0.4, -0.2) is 35.6 Å². The van der Waals surface area contributed by atoms with Crippen LogP contribution in [0.1, 0.15) is 0 Å². The maximum Gasteiger partial charge on any atom is 0.237 e. The van der Waals surface area contributed by atoms with Gasteiger partial charge in [-0.15, -0.1) is 0 Å². The molecule has 1 N–H and O–H groups in total. The normalized spacial score (nSPS) is 32.9. The Balaban J connectivity index is 1.51. The summed E-state index contributed by atoms with van der Waals surface area (Å²) in [6.45, 7) is 0.133. The van der Waals surface area contributed by atoms with Crippen LogP contribution < -0.4 is 5.32 Å². The van der Waals surface area contributed by atoms with Gasteiger partial charge in [-0.25, -0.2) is 0 Å². The van der Waals surface area contributed by atoms with E-state index in [1.807, 2.05) is 30.4 Å². The molecule has 6 heteroatoms. The lowest BCUT2D eigenvalue weighted by molar-refractivity contribution is -0.141. The maximum atomic E-state index is 12.4. The third-order valence-electron chi connectivity index (χ3n) is 4.30. The second kappa shape index (κ2) is 4.58. The smallest absolute Gasteiger partial charge is 0.237 e. The van der Waals surface area contributed by atoms with E-state index in [2.05, 4.69) is 5.32 Å². The molecule has 3 aliphatic rings. The van der Waals surface area contributed by atoms with Crippen molar-refractivity contribution in [1.29, 1.82) is 0 Å². The molecule has 21 heavy (non-hydrogen) atoms. The molecule has 2 fully saturated rings. The van der Waals surface area contributed by atoms with Gasteiger partial charge in [-0.2, -0.15) is 0 Å². The number of anilines is 1. The third-order valence-corrected chi connectivity index (χ3v) is 4.63. The molecule has 5 nitrogen and oxygen atoms in total. The number of ether oxygens (including phenoxy) is 1. The maximum absolute atomic E-state index is 12.4. The molecule has 0 aromatic heterocycles. The van der Waals surface area contributed by atoms with Crippen molar-refractivity contribution >= 4 is 29.1 Å². The van der Waals surface area contributed by atoms with Gasteiger partial charge in [0.15, 0.2) is 0 Å². The summed E-state index contributed by atoms with van der Waals surface area (Å²) in [6.07, 6.45) is 3.26. The van der Waals surface area contributed by atoms with Crippen LogP contribution in [0.15, 0.2) is 36.4 Å². The molecule has 108 valence electrons. The van der Waals surface area contributed by atoms with Crippen LogP contribution >= 0.6 is 11.6 Å². The van der Waals surface area contributed by atoms with Gasteiger partial charge in [0.1, 0.15) is 0 Å². The van der Waals surface area contributed by atoms with E-state index in [1.165, 1.54) is 4.90 Å². The van der Waals surface area contributed by atoms with E-state index in [0.29, 0.717) is 10.7 Å². The van der Waals surface area contributed by atoms with Crippen molar-refractivity contribution in [3.05, 3.63) is 41.4 Å². The van der Waals surface area contributed by atoms with Crippen molar-refractivity contribution in [1.82, 2.24) is 4.90 Å². The SMILES string of the molecule is O=C1[C@@H]2C3C=CC(O3)[C@H]2C(=O)N1CNc1ccccc1Cl. The van der Waals surface area contributed by atoms with Crippen molar-refractivity contribution in [2.45, 2.75) is 12.2 Å². The van der Waals surface area contributed by atoms with E-state index in [4.69, 9.17) is 16.3 Å². The summed E-state index contributed by atoms with van der Waals surface area (Å²) in [7, 11) is 0. The summed E-state index contributed by atoms with van der Waals surface area (Å²) in [6, 6.07) is 7.23. The number of benzene rings is 1. The van der Waals surface area contributed by atoms with Gasteiger partial charge in [-0.3, -0.25) is 14.5 Å². The lowest BCUT2D eigenvalue weighted by Crippen LogP contribution is -2.38. The van der Waals surface area contributed by atoms with Crippen LogP contribution in [0.3, 0.4) is 0 Å². The molecule has 0 saturated carbocycles. The Hall–Kier alpha value is -1.85. The van der Waals surface area contributed by atoms with Gasteiger partial charge in [-0.05, 0) is 12.1 Å². The van der Waals surface area contributed by atoms with Crippen LogP contribution in [0.5, 0.6) is 0 Å². The van der Waals surface area contributed by atoms with Gasteiger partial charge in [0.05, 0.1) is 41.4 Å². The molecular formula is C15H13ClN2O3. The quantitative estimate of drug-likeness (QED) is 0.681. The first-order valence-corrected chi connectivity index (χ1v) is 7.22. The summed E-state index contributed by atoms with van der Waals surface area (Å²) in [5, 5.41) is 3.60. The van der Waals surface area contributed by atoms with Crippen LogP contribution in [0.2, 0.25) is 5.02 Å². The molecule has 1 aromatic rings. The first kappa shape index (κ1) is 12.9. The van der Waals surface area contributed by atoms with Gasteiger partial charge < -0.3 is 10.1 Å². The first-order chi connectivity index (χ1) is 10.2. The number of carbonyl (C=O) groups excluding carboxylic acids is 2. The van der Waals surface area contributed by atoms with E-state index in [1.54, 1.807) is 6.07 Å².